The minimum Gasteiger partial charge on any atom is -0.489 e. The van der Waals surface area contributed by atoms with E-state index < -0.39 is 6.10 Å². The fraction of sp³-hybridized carbons (Fsp3) is 0.250. The summed E-state index contributed by atoms with van der Waals surface area (Å²) in [7, 11) is 0. The van der Waals surface area contributed by atoms with E-state index in [1.807, 2.05) is 32.0 Å². The van der Waals surface area contributed by atoms with Crippen LogP contribution < -0.4 is 10.1 Å². The third kappa shape index (κ3) is 4.90. The van der Waals surface area contributed by atoms with Crippen LogP contribution >= 0.6 is 23.2 Å². The van der Waals surface area contributed by atoms with Gasteiger partial charge in [0.05, 0.1) is 5.02 Å². The summed E-state index contributed by atoms with van der Waals surface area (Å²) in [4.78, 5) is 13.3. The fourth-order valence-corrected chi connectivity index (χ4v) is 2.81. The third-order valence-electron chi connectivity index (χ3n) is 4.14. The number of halogens is 2. The van der Waals surface area contributed by atoms with Gasteiger partial charge in [0.2, 0.25) is 0 Å². The van der Waals surface area contributed by atoms with Gasteiger partial charge in [0.15, 0.2) is 5.82 Å². The molecule has 8 heteroatoms. The number of aliphatic hydroxyl groups is 1. The topological polar surface area (TPSA) is 80.2 Å². The number of nitrogens with one attached hydrogen (secondary N) is 1. The summed E-state index contributed by atoms with van der Waals surface area (Å²) in [5.41, 5.74) is 2.44. The molecule has 28 heavy (non-hydrogen) atoms. The number of benzene rings is 1. The van der Waals surface area contributed by atoms with Crippen molar-refractivity contribution in [1.29, 1.82) is 0 Å². The zero-order chi connectivity index (χ0) is 20.1. The largest absolute Gasteiger partial charge is 0.489 e. The van der Waals surface area contributed by atoms with Crippen molar-refractivity contribution < 1.29 is 9.84 Å². The van der Waals surface area contributed by atoms with Gasteiger partial charge in [0.1, 0.15) is 35.0 Å². The maximum Gasteiger partial charge on any atom is 0.180 e. The molecule has 0 spiro atoms. The Kier molecular flexibility index (Phi) is 6.67. The Balaban J connectivity index is 1.65. The van der Waals surface area contributed by atoms with Crippen LogP contribution in [0.3, 0.4) is 0 Å². The average Bonchev–Trinajstić information content (AvgIpc) is 2.70. The number of anilines is 1. The standard InChI is InChI=1S/C20H20Cl2N4O2/c1-12-13(2)25-20(16-7-3-4-9-23-16)26-19(12)24-10-14(27)11-28-17-8-5-6-15(21)18(17)22/h3-9,14,27H,10-11H2,1-2H3,(H,24,25,26). The van der Waals surface area contributed by atoms with E-state index in [1.54, 1.807) is 24.4 Å². The average molecular weight is 419 g/mol. The second-order valence-electron chi connectivity index (χ2n) is 6.22. The van der Waals surface area contributed by atoms with E-state index in [1.165, 1.54) is 0 Å². The predicted octanol–water partition coefficient (Wildman–Crippen LogP) is 4.31. The lowest BCUT2D eigenvalue weighted by Gasteiger charge is -2.16. The van der Waals surface area contributed by atoms with E-state index in [0.717, 1.165) is 11.3 Å². The molecule has 3 aromatic rings. The molecule has 0 bridgehead atoms. The molecule has 1 aromatic carbocycles. The van der Waals surface area contributed by atoms with Crippen LogP contribution in [0.1, 0.15) is 11.3 Å². The number of pyridine rings is 1. The summed E-state index contributed by atoms with van der Waals surface area (Å²) >= 11 is 12.0. The quantitative estimate of drug-likeness (QED) is 0.594. The first kappa shape index (κ1) is 20.3. The van der Waals surface area contributed by atoms with Gasteiger partial charge in [-0.2, -0.15) is 0 Å². The van der Waals surface area contributed by atoms with Gasteiger partial charge < -0.3 is 15.2 Å². The summed E-state index contributed by atoms with van der Waals surface area (Å²) < 4.78 is 5.57. The molecule has 146 valence electrons. The first-order valence-electron chi connectivity index (χ1n) is 8.71. The smallest absolute Gasteiger partial charge is 0.180 e. The molecule has 0 aliphatic rings. The predicted molar refractivity (Wildman–Crippen MR) is 111 cm³/mol. The molecular weight excluding hydrogens is 399 g/mol. The minimum absolute atomic E-state index is 0.0588. The number of aryl methyl sites for hydroxylation is 1. The van der Waals surface area contributed by atoms with E-state index in [9.17, 15) is 5.11 Å². The van der Waals surface area contributed by atoms with Crippen molar-refractivity contribution in [2.45, 2.75) is 20.0 Å². The van der Waals surface area contributed by atoms with E-state index in [2.05, 4.69) is 20.3 Å². The van der Waals surface area contributed by atoms with Crippen molar-refractivity contribution in [3.8, 4) is 17.3 Å². The normalized spacial score (nSPS) is 11.9. The molecule has 0 saturated carbocycles. The molecule has 0 amide bonds. The molecule has 1 atom stereocenters. The van der Waals surface area contributed by atoms with Crippen LogP contribution in [0.2, 0.25) is 10.0 Å². The summed E-state index contributed by atoms with van der Waals surface area (Å²) in [5.74, 6) is 1.61. The van der Waals surface area contributed by atoms with Crippen LogP contribution in [0, 0.1) is 13.8 Å². The van der Waals surface area contributed by atoms with Gasteiger partial charge in [-0.1, -0.05) is 35.3 Å². The van der Waals surface area contributed by atoms with Crippen LogP contribution in [-0.4, -0.2) is 39.3 Å². The van der Waals surface area contributed by atoms with Crippen molar-refractivity contribution in [1.82, 2.24) is 15.0 Å². The lowest BCUT2D eigenvalue weighted by Crippen LogP contribution is -2.27. The molecule has 0 radical (unpaired) electrons. The van der Waals surface area contributed by atoms with Crippen LogP contribution in [0.4, 0.5) is 5.82 Å². The summed E-state index contributed by atoms with van der Waals surface area (Å²) in [6, 6.07) is 10.7. The number of nitrogens with zero attached hydrogens (tertiary/aromatic N) is 3. The second kappa shape index (κ2) is 9.19. The number of aromatic nitrogens is 3. The van der Waals surface area contributed by atoms with E-state index in [-0.39, 0.29) is 13.2 Å². The molecule has 3 rings (SSSR count). The highest BCUT2D eigenvalue weighted by atomic mass is 35.5. The number of hydrogen-bond donors (Lipinski definition) is 2. The Hall–Kier alpha value is -2.41. The molecule has 2 N–H and O–H groups in total. The minimum atomic E-state index is -0.775. The Labute approximate surface area is 173 Å². The number of rotatable bonds is 7. The van der Waals surface area contributed by atoms with Crippen molar-refractivity contribution in [3.63, 3.8) is 0 Å². The van der Waals surface area contributed by atoms with E-state index in [4.69, 9.17) is 27.9 Å². The number of hydrogen-bond acceptors (Lipinski definition) is 6. The first-order valence-corrected chi connectivity index (χ1v) is 9.46. The van der Waals surface area contributed by atoms with Crippen molar-refractivity contribution in [2.75, 3.05) is 18.5 Å². The lowest BCUT2D eigenvalue weighted by atomic mass is 10.2. The SMILES string of the molecule is Cc1nc(-c2ccccn2)nc(NCC(O)COc2cccc(Cl)c2Cl)c1C. The van der Waals surface area contributed by atoms with Crippen LogP contribution in [0.25, 0.3) is 11.5 Å². The van der Waals surface area contributed by atoms with Crippen molar-refractivity contribution >= 4 is 29.0 Å². The monoisotopic (exact) mass is 418 g/mol. The highest BCUT2D eigenvalue weighted by Crippen LogP contribution is 2.31. The highest BCUT2D eigenvalue weighted by Gasteiger charge is 2.13. The molecule has 6 nitrogen and oxygen atoms in total. The molecule has 0 aliphatic carbocycles. The van der Waals surface area contributed by atoms with Crippen LogP contribution in [0.15, 0.2) is 42.6 Å². The molecule has 1 unspecified atom stereocenters. The summed E-state index contributed by atoms with van der Waals surface area (Å²) in [5, 5.41) is 14.1. The molecule has 0 saturated heterocycles. The van der Waals surface area contributed by atoms with E-state index in [0.29, 0.717) is 33.1 Å². The van der Waals surface area contributed by atoms with Gasteiger partial charge in [0, 0.05) is 24.0 Å². The molecular formula is C20H20Cl2N4O2. The first-order chi connectivity index (χ1) is 13.5. The van der Waals surface area contributed by atoms with Crippen LogP contribution in [0.5, 0.6) is 5.75 Å². The fourth-order valence-electron chi connectivity index (χ4n) is 2.47. The Morgan fingerprint density at radius 1 is 1.11 bits per heavy atom. The van der Waals surface area contributed by atoms with Crippen molar-refractivity contribution in [2.24, 2.45) is 0 Å². The maximum absolute atomic E-state index is 10.3. The zero-order valence-electron chi connectivity index (χ0n) is 15.5. The van der Waals surface area contributed by atoms with Gasteiger partial charge in [-0.05, 0) is 38.1 Å². The van der Waals surface area contributed by atoms with Crippen LogP contribution in [-0.2, 0) is 0 Å². The van der Waals surface area contributed by atoms with Gasteiger partial charge in [-0.3, -0.25) is 4.98 Å². The molecule has 2 heterocycles. The van der Waals surface area contributed by atoms with Gasteiger partial charge in [-0.15, -0.1) is 0 Å². The molecule has 0 fully saturated rings. The van der Waals surface area contributed by atoms with Gasteiger partial charge >= 0.3 is 0 Å². The summed E-state index contributed by atoms with van der Waals surface area (Å²) in [6.07, 6.45) is 0.922. The maximum atomic E-state index is 10.3. The number of aliphatic hydroxyl groups excluding tert-OH is 1. The third-order valence-corrected chi connectivity index (χ3v) is 4.94. The van der Waals surface area contributed by atoms with Crippen molar-refractivity contribution in [3.05, 3.63) is 63.9 Å². The van der Waals surface area contributed by atoms with Gasteiger partial charge in [0.25, 0.3) is 0 Å². The lowest BCUT2D eigenvalue weighted by molar-refractivity contribution is 0.117. The molecule has 0 aliphatic heterocycles. The zero-order valence-corrected chi connectivity index (χ0v) is 17.0. The Morgan fingerprint density at radius 3 is 2.68 bits per heavy atom. The van der Waals surface area contributed by atoms with Gasteiger partial charge in [-0.25, -0.2) is 9.97 Å². The summed E-state index contributed by atoms with van der Waals surface area (Å²) in [6.45, 7) is 4.14. The Bertz CT molecular complexity index is 954. The second-order valence-corrected chi connectivity index (χ2v) is 7.00. The Morgan fingerprint density at radius 2 is 1.93 bits per heavy atom. The highest BCUT2D eigenvalue weighted by molar-refractivity contribution is 6.42. The number of ether oxygens (including phenoxy) is 1. The molecule has 2 aromatic heterocycles. The van der Waals surface area contributed by atoms with E-state index >= 15 is 0 Å².